The van der Waals surface area contributed by atoms with Crippen molar-refractivity contribution in [3.8, 4) is 0 Å². The first-order valence-electron chi connectivity index (χ1n) is 26.8. The van der Waals surface area contributed by atoms with Gasteiger partial charge in [-0.2, -0.15) is 0 Å². The Morgan fingerprint density at radius 1 is 0.462 bits per heavy atom. The summed E-state index contributed by atoms with van der Waals surface area (Å²) in [5, 5.41) is 11.7. The molecular weight excluding hydrogens is 815 g/mol. The quantitative estimate of drug-likeness (QED) is 0.0195. The number of esters is 2. The van der Waals surface area contributed by atoms with Crippen molar-refractivity contribution < 1.29 is 42.9 Å². The predicted molar refractivity (Wildman–Crippen MR) is 269 cm³/mol. The number of unbranched alkanes of at least 4 members (excludes halogenated alkanes) is 26. The minimum atomic E-state index is -1.63. The van der Waals surface area contributed by atoms with Gasteiger partial charge in [-0.25, -0.2) is 0 Å². The molecule has 0 saturated heterocycles. The number of rotatable bonds is 49. The lowest BCUT2D eigenvalue weighted by Crippen LogP contribution is -2.44. The molecule has 0 radical (unpaired) electrons. The summed E-state index contributed by atoms with van der Waals surface area (Å²) >= 11 is 0. The van der Waals surface area contributed by atoms with Crippen LogP contribution in [0.5, 0.6) is 0 Å². The van der Waals surface area contributed by atoms with Crippen LogP contribution in [0.2, 0.25) is 0 Å². The first-order chi connectivity index (χ1) is 31.6. The van der Waals surface area contributed by atoms with Crippen LogP contribution >= 0.6 is 0 Å². The minimum Gasteiger partial charge on any atom is -0.545 e. The summed E-state index contributed by atoms with van der Waals surface area (Å²) in [6, 6.07) is 0. The summed E-state index contributed by atoms with van der Waals surface area (Å²) in [6.45, 7) is 4.73. The number of ether oxygens (including phenoxy) is 4. The van der Waals surface area contributed by atoms with Crippen LogP contribution in [-0.2, 0) is 33.3 Å². The second kappa shape index (κ2) is 47.7. The highest BCUT2D eigenvalue weighted by Gasteiger charge is 2.22. The summed E-state index contributed by atoms with van der Waals surface area (Å²) in [7, 11) is 5.91. The molecule has 0 aliphatic heterocycles. The Morgan fingerprint density at radius 3 is 1.25 bits per heavy atom. The van der Waals surface area contributed by atoms with E-state index in [0.717, 1.165) is 70.6 Å². The van der Waals surface area contributed by atoms with Gasteiger partial charge in [-0.05, 0) is 77.0 Å². The zero-order valence-electron chi connectivity index (χ0n) is 42.9. The van der Waals surface area contributed by atoms with Gasteiger partial charge in [0, 0.05) is 12.8 Å². The van der Waals surface area contributed by atoms with Gasteiger partial charge in [-0.3, -0.25) is 9.59 Å². The number of hydrogen-bond donors (Lipinski definition) is 0. The lowest BCUT2D eigenvalue weighted by Gasteiger charge is -2.26. The van der Waals surface area contributed by atoms with Crippen LogP contribution in [0.3, 0.4) is 0 Å². The highest BCUT2D eigenvalue weighted by molar-refractivity contribution is 5.70. The van der Waals surface area contributed by atoms with Gasteiger partial charge >= 0.3 is 11.9 Å². The van der Waals surface area contributed by atoms with Crippen LogP contribution in [0.1, 0.15) is 232 Å². The normalized spacial score (nSPS) is 13.2. The first-order valence-corrected chi connectivity index (χ1v) is 26.8. The molecular formula is C56H101NO8. The number of carboxylic acid groups (broad SMARTS) is 1. The molecule has 65 heavy (non-hydrogen) atoms. The third kappa shape index (κ3) is 49.0. The van der Waals surface area contributed by atoms with E-state index in [9.17, 15) is 19.5 Å². The molecule has 2 atom stereocenters. The maximum absolute atomic E-state index is 12.8. The van der Waals surface area contributed by atoms with Gasteiger partial charge in [0.25, 0.3) is 0 Å². The highest BCUT2D eigenvalue weighted by atomic mass is 16.7. The molecule has 0 fully saturated rings. The highest BCUT2D eigenvalue weighted by Crippen LogP contribution is 2.15. The molecule has 0 aromatic rings. The van der Waals surface area contributed by atoms with Crippen molar-refractivity contribution in [3.63, 3.8) is 0 Å². The molecule has 0 rings (SSSR count). The fourth-order valence-electron chi connectivity index (χ4n) is 7.36. The predicted octanol–water partition coefficient (Wildman–Crippen LogP) is 13.8. The average molecular weight is 916 g/mol. The molecule has 9 heteroatoms. The van der Waals surface area contributed by atoms with Crippen molar-refractivity contribution in [1.29, 1.82) is 0 Å². The van der Waals surface area contributed by atoms with Crippen LogP contribution in [-0.4, -0.2) is 82.3 Å². The summed E-state index contributed by atoms with van der Waals surface area (Å²) in [4.78, 5) is 37.2. The number of carbonyl (C=O) groups is 3. The van der Waals surface area contributed by atoms with Gasteiger partial charge in [-0.1, -0.05) is 191 Å². The van der Waals surface area contributed by atoms with Gasteiger partial charge in [0.05, 0.1) is 40.3 Å². The summed E-state index contributed by atoms with van der Waals surface area (Å²) in [5.41, 5.74) is 0. The number of aliphatic carboxylic acids is 1. The van der Waals surface area contributed by atoms with Crippen molar-refractivity contribution in [2.75, 3.05) is 47.5 Å². The Kier molecular flexibility index (Phi) is 45.7. The molecule has 0 bridgehead atoms. The van der Waals surface area contributed by atoms with E-state index in [1.165, 1.54) is 128 Å². The summed E-state index contributed by atoms with van der Waals surface area (Å²) < 4.78 is 22.6. The Balaban J connectivity index is 4.35. The van der Waals surface area contributed by atoms with E-state index in [-0.39, 0.29) is 38.6 Å². The molecule has 0 amide bonds. The largest absolute Gasteiger partial charge is 0.545 e. The smallest absolute Gasteiger partial charge is 0.306 e. The van der Waals surface area contributed by atoms with Crippen molar-refractivity contribution in [1.82, 2.24) is 0 Å². The van der Waals surface area contributed by atoms with E-state index >= 15 is 0 Å². The third-order valence-corrected chi connectivity index (χ3v) is 11.5. The van der Waals surface area contributed by atoms with Crippen molar-refractivity contribution in [3.05, 3.63) is 48.6 Å². The van der Waals surface area contributed by atoms with E-state index in [0.29, 0.717) is 17.4 Å². The van der Waals surface area contributed by atoms with E-state index in [4.69, 9.17) is 18.9 Å². The second-order valence-electron chi connectivity index (χ2n) is 19.2. The van der Waals surface area contributed by atoms with Crippen LogP contribution < -0.4 is 5.11 Å². The Morgan fingerprint density at radius 2 is 0.831 bits per heavy atom. The van der Waals surface area contributed by atoms with E-state index in [2.05, 4.69) is 62.5 Å². The van der Waals surface area contributed by atoms with Crippen molar-refractivity contribution in [2.24, 2.45) is 0 Å². The lowest BCUT2D eigenvalue weighted by atomic mass is 10.1. The zero-order chi connectivity index (χ0) is 47.7. The van der Waals surface area contributed by atoms with E-state index < -0.39 is 24.3 Å². The Hall–Kier alpha value is -2.75. The molecule has 378 valence electrons. The van der Waals surface area contributed by atoms with Crippen LogP contribution in [0.15, 0.2) is 48.6 Å². The van der Waals surface area contributed by atoms with Gasteiger partial charge in [0.15, 0.2) is 12.4 Å². The van der Waals surface area contributed by atoms with E-state index in [1.54, 1.807) is 0 Å². The number of carboxylic acids is 1. The molecule has 0 aliphatic carbocycles. The molecule has 0 heterocycles. The van der Waals surface area contributed by atoms with Crippen molar-refractivity contribution in [2.45, 2.75) is 245 Å². The first kappa shape index (κ1) is 62.2. The van der Waals surface area contributed by atoms with Gasteiger partial charge in [-0.15, -0.1) is 0 Å². The second-order valence-corrected chi connectivity index (χ2v) is 19.2. The number of likely N-dealkylation sites (N-methyl/N-ethyl adjacent to an activating group) is 1. The standard InChI is InChI=1S/C56H101NO8/c1-6-8-10-12-14-16-18-20-22-24-26-27-29-31-33-35-37-39-41-43-45-47-54(59)65-52(51-64-56(55(60)61)62-49-48-57(3,4)5)50-63-53(58)46-44-42-40-38-36-34-32-30-28-25-23-21-19-17-15-13-11-9-7-2/h18,20-21,23-24,26,29,31,52,56H,6-17,19,22,25,27-28,30,32-51H2,1-5H3/b20-18-,23-21-,26-24-,31-29-. The summed E-state index contributed by atoms with van der Waals surface area (Å²) in [6.07, 6.45) is 54.3. The van der Waals surface area contributed by atoms with Crippen LogP contribution in [0.4, 0.5) is 0 Å². The fourth-order valence-corrected chi connectivity index (χ4v) is 7.36. The maximum Gasteiger partial charge on any atom is 0.306 e. The number of quaternary nitrogens is 1. The molecule has 0 aliphatic rings. The van der Waals surface area contributed by atoms with E-state index in [1.807, 2.05) is 21.1 Å². The summed E-state index contributed by atoms with van der Waals surface area (Å²) in [5.74, 6) is -2.30. The number of allylic oxidation sites excluding steroid dienone is 8. The molecule has 9 nitrogen and oxygen atoms in total. The topological polar surface area (TPSA) is 111 Å². The van der Waals surface area contributed by atoms with Crippen LogP contribution in [0, 0.1) is 0 Å². The SMILES string of the molecule is CCCCCCC/C=C\C/C=C\C/C=C\CCCCCCCCC(=O)OC(COC(=O)CCCCCCCCCCC/C=C\CCCCCCCC)COC(OCC[N+](C)(C)C)C(=O)[O-]. The Bertz CT molecular complexity index is 1210. The number of carbonyl (C=O) groups excluding carboxylic acids is 3. The Labute approximate surface area is 400 Å². The molecule has 2 unspecified atom stereocenters. The van der Waals surface area contributed by atoms with Crippen molar-refractivity contribution >= 4 is 17.9 Å². The van der Waals surface area contributed by atoms with Gasteiger partial charge < -0.3 is 33.3 Å². The number of hydrogen-bond acceptors (Lipinski definition) is 8. The molecule has 0 N–H and O–H groups in total. The maximum atomic E-state index is 12.8. The van der Waals surface area contributed by atoms with Gasteiger partial charge in [0.2, 0.25) is 0 Å². The molecule has 0 aromatic heterocycles. The fraction of sp³-hybridized carbons (Fsp3) is 0.804. The monoisotopic (exact) mass is 916 g/mol. The van der Waals surface area contributed by atoms with Gasteiger partial charge in [0.1, 0.15) is 13.2 Å². The molecule has 0 spiro atoms. The zero-order valence-corrected chi connectivity index (χ0v) is 42.9. The molecule has 0 aromatic carbocycles. The van der Waals surface area contributed by atoms with Crippen LogP contribution in [0.25, 0.3) is 0 Å². The average Bonchev–Trinajstić information content (AvgIpc) is 3.27. The minimum absolute atomic E-state index is 0.144. The third-order valence-electron chi connectivity index (χ3n) is 11.5. The lowest BCUT2D eigenvalue weighted by molar-refractivity contribution is -0.870. The molecule has 0 saturated carbocycles. The number of nitrogens with zero attached hydrogens (tertiary/aromatic N) is 1.